The van der Waals surface area contributed by atoms with Crippen LogP contribution in [0.1, 0.15) is 12.4 Å². The minimum atomic E-state index is -4.13. The topological polar surface area (TPSA) is 143 Å². The summed E-state index contributed by atoms with van der Waals surface area (Å²) in [5.41, 5.74) is -3.13. The van der Waals surface area contributed by atoms with E-state index in [1.54, 1.807) is 6.07 Å². The highest BCUT2D eigenvalue weighted by atomic mass is 32.2. The van der Waals surface area contributed by atoms with Crippen LogP contribution in [0, 0.1) is 10.1 Å². The van der Waals surface area contributed by atoms with E-state index in [1.165, 1.54) is 37.3 Å². The molecule has 12 heteroatoms. The zero-order valence-corrected chi connectivity index (χ0v) is 17.0. The van der Waals surface area contributed by atoms with Crippen molar-refractivity contribution in [1.82, 2.24) is 8.96 Å². The summed E-state index contributed by atoms with van der Waals surface area (Å²) in [6, 6.07) is 8.67. The Morgan fingerprint density at radius 3 is 2.74 bits per heavy atom. The first-order valence-corrected chi connectivity index (χ1v) is 10.1. The fourth-order valence-electron chi connectivity index (χ4n) is 2.95. The number of ether oxygens (including phenoxy) is 2. The number of rotatable bonds is 8. The van der Waals surface area contributed by atoms with E-state index in [0.29, 0.717) is 0 Å². The molecule has 0 radical (unpaired) electrons. The molecule has 0 fully saturated rings. The van der Waals surface area contributed by atoms with Gasteiger partial charge >= 0.3 is 11.7 Å². The third kappa shape index (κ3) is 3.94. The second-order valence-corrected chi connectivity index (χ2v) is 8.43. The van der Waals surface area contributed by atoms with E-state index in [1.807, 2.05) is 0 Å². The van der Waals surface area contributed by atoms with Gasteiger partial charge in [0, 0.05) is 13.2 Å². The fourth-order valence-corrected chi connectivity index (χ4v) is 4.27. The van der Waals surface area contributed by atoms with E-state index in [2.05, 4.69) is 15.0 Å². The summed E-state index contributed by atoms with van der Waals surface area (Å²) >= 11 is 0. The van der Waals surface area contributed by atoms with Crippen LogP contribution in [0.2, 0.25) is 0 Å². The number of hydrogen-bond acceptors (Lipinski definition) is 9. The Hall–Kier alpha value is -3.51. The monoisotopic (exact) mass is 452 g/mol. The molecule has 164 valence electrons. The molecule has 0 aliphatic heterocycles. The first-order chi connectivity index (χ1) is 16.3. The van der Waals surface area contributed by atoms with Crippen molar-refractivity contribution >= 4 is 38.4 Å². The van der Waals surface area contributed by atoms with E-state index in [4.69, 9.17) is 10.2 Å². The molecule has 2 aromatic heterocycles. The Balaban J connectivity index is 2.18. The van der Waals surface area contributed by atoms with Gasteiger partial charge < -0.3 is 14.8 Å². The largest absolute Gasteiger partial charge is 0.467 e. The Morgan fingerprint density at radius 1 is 1.35 bits per heavy atom. The van der Waals surface area contributed by atoms with E-state index >= 15 is 0 Å². The minimum Gasteiger partial charge on any atom is -0.467 e. The number of nitrogens with one attached hydrogen (secondary N) is 1. The number of nitro groups is 1. The van der Waals surface area contributed by atoms with Crippen molar-refractivity contribution in [2.75, 3.05) is 26.0 Å². The van der Waals surface area contributed by atoms with E-state index in [9.17, 15) is 23.3 Å². The zero-order valence-electron chi connectivity index (χ0n) is 20.1. The molecule has 1 unspecified atom stereocenters. The van der Waals surface area contributed by atoms with Crippen molar-refractivity contribution in [3.05, 3.63) is 58.9 Å². The molecule has 0 bridgehead atoms. The highest BCUT2D eigenvalue weighted by molar-refractivity contribution is 7.90. The Bertz CT molecular complexity index is 1360. The third-order valence-electron chi connectivity index (χ3n) is 4.50. The van der Waals surface area contributed by atoms with Gasteiger partial charge in [0.2, 0.25) is 0 Å². The van der Waals surface area contributed by atoms with Crippen molar-refractivity contribution in [2.24, 2.45) is 0 Å². The molecule has 1 N–H and O–H groups in total. The first-order valence-electron chi connectivity index (χ1n) is 10.8. The number of pyridine rings is 1. The Kier molecular flexibility index (Phi) is 4.61. The van der Waals surface area contributed by atoms with Crippen molar-refractivity contribution in [1.29, 1.82) is 0 Å². The van der Waals surface area contributed by atoms with Crippen LogP contribution >= 0.6 is 0 Å². The molecule has 0 aliphatic carbocycles. The summed E-state index contributed by atoms with van der Waals surface area (Å²) in [4.78, 5) is 27.4. The molecule has 3 rings (SSSR count). The molecule has 0 aliphatic rings. The van der Waals surface area contributed by atoms with Crippen LogP contribution in [0.3, 0.4) is 0 Å². The van der Waals surface area contributed by atoms with Gasteiger partial charge in [-0.15, -0.1) is 0 Å². The van der Waals surface area contributed by atoms with Crippen LogP contribution in [0.25, 0.3) is 11.0 Å². The predicted molar refractivity (Wildman–Crippen MR) is 111 cm³/mol. The molecule has 1 aromatic carbocycles. The molecule has 0 saturated carbocycles. The van der Waals surface area contributed by atoms with Gasteiger partial charge in [-0.2, -0.15) is 0 Å². The van der Waals surface area contributed by atoms with E-state index < -0.39 is 52.9 Å². The molecular formula is C19H20N4O7S. The minimum absolute atomic E-state index is 0.0440. The standard InChI is InChI=1S/C19H20N4O7S/c1-19(12-29-2,18(24)30-3)21-16-14-9-10-22(17(14)20-11-15(16)23(25)26)31(27,28)13-7-5-4-6-8-13/h4-11H,12H2,1-3H3,(H,20,21)/i2D3,3D. The van der Waals surface area contributed by atoms with Crippen LogP contribution in [-0.2, 0) is 24.3 Å². The van der Waals surface area contributed by atoms with Crippen LogP contribution in [0.4, 0.5) is 11.4 Å². The van der Waals surface area contributed by atoms with Crippen LogP contribution in [0.15, 0.2) is 53.7 Å². The highest BCUT2D eigenvalue weighted by Crippen LogP contribution is 2.35. The van der Waals surface area contributed by atoms with Crippen molar-refractivity contribution in [2.45, 2.75) is 17.4 Å². The number of hydrogen-bond donors (Lipinski definition) is 1. The number of nitrogens with zero attached hydrogens (tertiary/aromatic N) is 3. The molecule has 3 aromatic rings. The number of esters is 1. The normalized spacial score (nSPS) is 15.8. The Morgan fingerprint density at radius 2 is 2.10 bits per heavy atom. The summed E-state index contributed by atoms with van der Waals surface area (Å²) in [7, 11) is -7.84. The molecule has 31 heavy (non-hydrogen) atoms. The SMILES string of the molecule is [2H]COC(=O)C(C)(COC([2H])([2H])[2H])Nc1c([N+](=O)[O-])cnc2c1ccn2S(=O)(=O)c1ccccc1. The number of carbonyl (C=O) groups is 1. The maximum absolute atomic E-state index is 13.1. The number of aromatic nitrogens is 2. The summed E-state index contributed by atoms with van der Waals surface area (Å²) in [5, 5.41) is 14.3. The summed E-state index contributed by atoms with van der Waals surface area (Å²) in [6.45, 7) is 0.358. The fraction of sp³-hybridized carbons (Fsp3) is 0.263. The molecule has 11 nitrogen and oxygen atoms in total. The average molecular weight is 452 g/mol. The van der Waals surface area contributed by atoms with Crippen molar-refractivity contribution < 1.29 is 33.1 Å². The van der Waals surface area contributed by atoms with Gasteiger partial charge in [0.1, 0.15) is 11.9 Å². The van der Waals surface area contributed by atoms with Gasteiger partial charge in [0.15, 0.2) is 11.2 Å². The zero-order chi connectivity index (χ0) is 26.0. The Labute approximate surface area is 183 Å². The van der Waals surface area contributed by atoms with Crippen LogP contribution in [0.5, 0.6) is 0 Å². The quantitative estimate of drug-likeness (QED) is 0.309. The predicted octanol–water partition coefficient (Wildman–Crippen LogP) is 2.17. The van der Waals surface area contributed by atoms with E-state index in [0.717, 1.165) is 16.4 Å². The summed E-state index contributed by atoms with van der Waals surface area (Å²) in [5.74, 6) is -1.12. The lowest BCUT2D eigenvalue weighted by Gasteiger charge is -2.28. The molecule has 0 spiro atoms. The maximum Gasteiger partial charge on any atom is 0.333 e. The maximum atomic E-state index is 13.1. The summed E-state index contributed by atoms with van der Waals surface area (Å²) < 4.78 is 65.3. The smallest absolute Gasteiger partial charge is 0.333 e. The van der Waals surface area contributed by atoms with Gasteiger partial charge in [-0.3, -0.25) is 10.1 Å². The lowest BCUT2D eigenvalue weighted by Crippen LogP contribution is -2.48. The third-order valence-corrected chi connectivity index (χ3v) is 6.18. The lowest BCUT2D eigenvalue weighted by atomic mass is 10.0. The number of benzene rings is 1. The van der Waals surface area contributed by atoms with Gasteiger partial charge in [-0.25, -0.2) is 22.2 Å². The molecule has 1 atom stereocenters. The van der Waals surface area contributed by atoms with Gasteiger partial charge in [0.05, 0.1) is 34.4 Å². The average Bonchev–Trinajstić information content (AvgIpc) is 3.23. The lowest BCUT2D eigenvalue weighted by molar-refractivity contribution is -0.384. The van der Waals surface area contributed by atoms with Gasteiger partial charge in [0.25, 0.3) is 10.0 Å². The summed E-state index contributed by atoms with van der Waals surface area (Å²) in [6.07, 6.45) is 1.95. The first kappa shape index (κ1) is 17.2. The molecular weight excluding hydrogens is 428 g/mol. The van der Waals surface area contributed by atoms with Crippen molar-refractivity contribution in [3.8, 4) is 0 Å². The second kappa shape index (κ2) is 8.32. The highest BCUT2D eigenvalue weighted by Gasteiger charge is 2.38. The second-order valence-electron chi connectivity index (χ2n) is 6.62. The number of carbonyl (C=O) groups excluding carboxylic acids is 1. The van der Waals surface area contributed by atoms with Crippen LogP contribution in [-0.4, -0.2) is 54.5 Å². The molecule has 0 amide bonds. The van der Waals surface area contributed by atoms with E-state index in [-0.39, 0.29) is 21.6 Å². The van der Waals surface area contributed by atoms with Crippen LogP contribution < -0.4 is 5.32 Å². The van der Waals surface area contributed by atoms with Crippen molar-refractivity contribution in [3.63, 3.8) is 0 Å². The van der Waals surface area contributed by atoms with Gasteiger partial charge in [-0.1, -0.05) is 18.2 Å². The number of anilines is 1. The van der Waals surface area contributed by atoms with Gasteiger partial charge in [-0.05, 0) is 25.1 Å². The number of methoxy groups -OCH3 is 2. The number of fused-ring (bicyclic) bond motifs is 1. The molecule has 0 saturated heterocycles. The molecule has 2 heterocycles.